The van der Waals surface area contributed by atoms with E-state index in [4.69, 9.17) is 9.47 Å². The average Bonchev–Trinajstić information content (AvgIpc) is 2.55. The molecule has 2 heterocycles. The van der Waals surface area contributed by atoms with Crippen molar-refractivity contribution in [2.45, 2.75) is 38.2 Å². The van der Waals surface area contributed by atoms with Gasteiger partial charge in [-0.05, 0) is 6.42 Å². The van der Waals surface area contributed by atoms with Crippen molar-refractivity contribution in [1.82, 2.24) is 4.90 Å². The molecule has 1 amide bonds. The van der Waals surface area contributed by atoms with Gasteiger partial charge in [0.1, 0.15) is 12.3 Å². The van der Waals surface area contributed by atoms with Gasteiger partial charge < -0.3 is 14.2 Å². The highest BCUT2D eigenvalue weighted by Gasteiger charge is 2.61. The molecule has 2 aliphatic rings. The predicted octanol–water partition coefficient (Wildman–Crippen LogP) is -0.241. The molecule has 0 aliphatic carbocycles. The summed E-state index contributed by atoms with van der Waals surface area (Å²) in [5.74, 6) is -2.62. The van der Waals surface area contributed by atoms with Crippen molar-refractivity contribution in [2.75, 3.05) is 26.1 Å². The molecule has 0 unspecified atom stereocenters. The summed E-state index contributed by atoms with van der Waals surface area (Å²) in [7, 11) is -2.67. The number of fused-ring (bicyclic) bond motifs is 1. The zero-order valence-corrected chi connectivity index (χ0v) is 15.1. The summed E-state index contributed by atoms with van der Waals surface area (Å²) in [5.41, 5.74) is -0.178. The first-order valence-electron chi connectivity index (χ1n) is 7.84. The van der Waals surface area contributed by atoms with Crippen molar-refractivity contribution < 1.29 is 37.0 Å². The number of unbranched alkanes of at least 4 members (excludes halogenated alkanes) is 1. The van der Waals surface area contributed by atoms with Crippen LogP contribution in [0.2, 0.25) is 0 Å². The molecule has 0 radical (unpaired) electrons. The van der Waals surface area contributed by atoms with Gasteiger partial charge in [0.15, 0.2) is 21.3 Å². The molecule has 0 aromatic heterocycles. The summed E-state index contributed by atoms with van der Waals surface area (Å²) in [5, 5.41) is -1.26. The molecule has 25 heavy (non-hydrogen) atoms. The van der Waals surface area contributed by atoms with Crippen LogP contribution in [0.5, 0.6) is 0 Å². The Bertz CT molecular complexity index is 711. The van der Waals surface area contributed by atoms with E-state index >= 15 is 0 Å². The van der Waals surface area contributed by atoms with E-state index in [0.717, 1.165) is 25.4 Å². The van der Waals surface area contributed by atoms with Gasteiger partial charge in [-0.3, -0.25) is 14.5 Å². The molecule has 0 N–H and O–H groups in total. The van der Waals surface area contributed by atoms with Gasteiger partial charge in [0.05, 0.1) is 12.9 Å². The summed E-state index contributed by atoms with van der Waals surface area (Å²) in [6.07, 6.45) is 0.391. The van der Waals surface area contributed by atoms with Crippen LogP contribution in [-0.2, 0) is 38.4 Å². The lowest BCUT2D eigenvalue weighted by Gasteiger charge is -2.48. The van der Waals surface area contributed by atoms with Crippen LogP contribution < -0.4 is 0 Å². The largest absolute Gasteiger partial charge is 0.464 e. The van der Waals surface area contributed by atoms with E-state index in [1.807, 2.05) is 6.92 Å². The molecule has 0 aromatic carbocycles. The van der Waals surface area contributed by atoms with Crippen LogP contribution in [0.4, 0.5) is 0 Å². The maximum atomic E-state index is 12.5. The number of esters is 2. The second kappa shape index (κ2) is 7.52. The molecule has 0 aromatic rings. The molecule has 0 spiro atoms. The summed E-state index contributed by atoms with van der Waals surface area (Å²) in [4.78, 5) is 36.3. The molecule has 0 bridgehead atoms. The van der Waals surface area contributed by atoms with Gasteiger partial charge in [-0.2, -0.15) is 0 Å². The lowest BCUT2D eigenvalue weighted by molar-refractivity contribution is -0.166. The second-order valence-corrected chi connectivity index (χ2v) is 7.87. The van der Waals surface area contributed by atoms with Crippen molar-refractivity contribution in [3.63, 3.8) is 0 Å². The van der Waals surface area contributed by atoms with E-state index in [2.05, 4.69) is 4.74 Å². The van der Waals surface area contributed by atoms with Gasteiger partial charge in [-0.1, -0.05) is 13.3 Å². The minimum Gasteiger partial charge on any atom is -0.464 e. The Labute approximate surface area is 145 Å². The van der Waals surface area contributed by atoms with Gasteiger partial charge >= 0.3 is 11.9 Å². The normalized spacial score (nSPS) is 24.4. The molecule has 1 fully saturated rings. The van der Waals surface area contributed by atoms with Crippen molar-refractivity contribution in [1.29, 1.82) is 0 Å². The summed E-state index contributed by atoms with van der Waals surface area (Å²) >= 11 is 0. The maximum absolute atomic E-state index is 12.5. The highest BCUT2D eigenvalue weighted by molar-refractivity contribution is 7.92. The zero-order chi connectivity index (χ0) is 18.8. The highest BCUT2D eigenvalue weighted by Crippen LogP contribution is 2.38. The van der Waals surface area contributed by atoms with Crippen molar-refractivity contribution >= 4 is 27.7 Å². The Morgan fingerprint density at radius 3 is 2.56 bits per heavy atom. The third kappa shape index (κ3) is 3.69. The lowest BCUT2D eigenvalue weighted by Crippen LogP contribution is -2.71. The fourth-order valence-corrected chi connectivity index (χ4v) is 4.72. The Morgan fingerprint density at radius 2 is 2.00 bits per heavy atom. The van der Waals surface area contributed by atoms with E-state index in [0.29, 0.717) is 6.42 Å². The van der Waals surface area contributed by atoms with E-state index in [1.165, 1.54) is 0 Å². The Hall–Kier alpha value is -1.94. The fraction of sp³-hybridized carbons (Fsp3) is 0.667. The van der Waals surface area contributed by atoms with Crippen LogP contribution in [0.3, 0.4) is 0 Å². The Morgan fingerprint density at radius 1 is 1.32 bits per heavy atom. The highest BCUT2D eigenvalue weighted by atomic mass is 32.2. The van der Waals surface area contributed by atoms with E-state index in [1.54, 1.807) is 0 Å². The fourth-order valence-electron chi connectivity index (χ4n) is 2.74. The summed E-state index contributed by atoms with van der Waals surface area (Å²) < 4.78 is 40.0. The topological polar surface area (TPSA) is 116 Å². The van der Waals surface area contributed by atoms with Crippen LogP contribution in [0.25, 0.3) is 0 Å². The number of hydrogen-bond acceptors (Lipinski definition) is 8. The predicted molar refractivity (Wildman–Crippen MR) is 84.7 cm³/mol. The third-order valence-corrected chi connectivity index (χ3v) is 5.88. The molecular weight excluding hydrogens is 354 g/mol. The van der Waals surface area contributed by atoms with Crippen molar-refractivity contribution in [3.05, 3.63) is 11.3 Å². The van der Waals surface area contributed by atoms with Gasteiger partial charge in [-0.15, -0.1) is 0 Å². The van der Waals surface area contributed by atoms with E-state index in [-0.39, 0.29) is 17.9 Å². The van der Waals surface area contributed by atoms with Crippen LogP contribution in [0, 0.1) is 0 Å². The molecule has 1 saturated heterocycles. The molecule has 2 atom stereocenters. The van der Waals surface area contributed by atoms with Gasteiger partial charge in [0.25, 0.3) is 5.91 Å². The first-order valence-corrected chi connectivity index (χ1v) is 9.56. The van der Waals surface area contributed by atoms with Crippen molar-refractivity contribution in [2.24, 2.45) is 0 Å². The van der Waals surface area contributed by atoms with Gasteiger partial charge in [0, 0.05) is 19.1 Å². The third-order valence-electron chi connectivity index (χ3n) is 3.94. The average molecular weight is 375 g/mol. The quantitative estimate of drug-likeness (QED) is 0.340. The van der Waals surface area contributed by atoms with E-state index < -0.39 is 51.5 Å². The number of amides is 1. The van der Waals surface area contributed by atoms with Gasteiger partial charge in [0.2, 0.25) is 0 Å². The summed E-state index contributed by atoms with van der Waals surface area (Å²) in [6.45, 7) is 2.95. The Balaban J connectivity index is 2.35. The Kier molecular flexibility index (Phi) is 5.83. The number of nitrogens with zero attached hydrogens (tertiary/aromatic N) is 1. The number of ether oxygens (including phenoxy) is 3. The smallest absolute Gasteiger partial charge is 0.354 e. The number of carbonyl (C=O) groups is 3. The monoisotopic (exact) mass is 375 g/mol. The molecule has 2 rings (SSSR count). The molecular formula is C15H21NO8S. The number of carbonyl (C=O) groups excluding carboxylic acids is 3. The number of sulfone groups is 1. The number of β-lactam (4-membered cyclic amide) rings is 1. The standard InChI is InChI=1S/C15H21NO8S/c1-4-5-6-23-12-13(18)16-11(15(19)22-3)10(7-24-9(2)17)8-25(20,21)14(12)16/h12,14H,4-8H2,1-3H3/t12-,14+/m0/s1. The number of rotatable bonds is 7. The van der Waals surface area contributed by atoms with Crippen LogP contribution in [-0.4, -0.2) is 68.7 Å². The zero-order valence-electron chi connectivity index (χ0n) is 14.3. The number of hydrogen-bond donors (Lipinski definition) is 0. The molecule has 0 saturated carbocycles. The first-order chi connectivity index (χ1) is 11.7. The van der Waals surface area contributed by atoms with Crippen LogP contribution >= 0.6 is 0 Å². The molecule has 140 valence electrons. The molecule has 2 aliphatic heterocycles. The first kappa shape index (κ1) is 19.4. The number of methoxy groups -OCH3 is 1. The minimum atomic E-state index is -3.79. The molecule has 9 nitrogen and oxygen atoms in total. The maximum Gasteiger partial charge on any atom is 0.354 e. The second-order valence-electron chi connectivity index (χ2n) is 5.77. The van der Waals surface area contributed by atoms with Gasteiger partial charge in [-0.25, -0.2) is 13.2 Å². The van der Waals surface area contributed by atoms with Crippen molar-refractivity contribution in [3.8, 4) is 0 Å². The minimum absolute atomic E-state index is 0.0126. The SMILES string of the molecule is CCCCO[C@H]1C(=O)N2C(C(=O)OC)=C(COC(C)=O)CS(=O)(=O)[C@H]12. The lowest BCUT2D eigenvalue weighted by atomic mass is 10.1. The van der Waals surface area contributed by atoms with Crippen LogP contribution in [0.15, 0.2) is 11.3 Å². The van der Waals surface area contributed by atoms with Crippen LogP contribution in [0.1, 0.15) is 26.7 Å². The summed E-state index contributed by atoms with van der Waals surface area (Å²) in [6, 6.07) is 0. The van der Waals surface area contributed by atoms with E-state index in [9.17, 15) is 22.8 Å². The molecule has 10 heteroatoms.